The average molecular weight is 118 g/mol. The van der Waals surface area contributed by atoms with Crippen LogP contribution >= 0.6 is 0 Å². The average Bonchev–Trinajstić information content (AvgIpc) is 2.03. The van der Waals surface area contributed by atoms with Crippen molar-refractivity contribution in [3.05, 3.63) is 0 Å². The number of nitrogens with zero attached hydrogens (tertiary/aromatic N) is 2. The highest BCUT2D eigenvalue weighted by Gasteiger charge is 0.841. The molecule has 0 saturated carbocycles. The lowest BCUT2D eigenvalue weighted by atomic mass is 11.8. The van der Waals surface area contributed by atoms with E-state index in [1.165, 1.54) is 0 Å². The Kier molecular flexibility index (Phi) is 418. The molecular weight excluding hydrogens is 108 g/mol. The Bertz CT molecular complexity index is 27.5. The van der Waals surface area contributed by atoms with Crippen LogP contribution in [0.4, 0.5) is 0 Å². The fraction of sp³-hybridized carbons (Fsp3) is 0.500. The quantitative estimate of drug-likeness (QED) is 0.448. The predicted octanol–water partition coefficient (Wildman–Crippen LogP) is -0.503. The van der Waals surface area contributed by atoms with Crippen molar-refractivity contribution in [2.45, 2.75) is 0 Å². The summed E-state index contributed by atoms with van der Waals surface area (Å²) >= 11 is 0. The minimum atomic E-state index is 1.00. The molecule has 4 nitrogen and oxygen atoms in total. The highest BCUT2D eigenvalue weighted by Crippen LogP contribution is 0.757. The molecule has 0 rings (SSSR count). The summed E-state index contributed by atoms with van der Waals surface area (Å²) in [4.78, 5) is 0. The first-order valence-electron chi connectivity index (χ1n) is 1.41. The lowest BCUT2D eigenvalue weighted by Gasteiger charge is -1.21. The van der Waals surface area contributed by atoms with Crippen molar-refractivity contribution in [1.29, 1.82) is 10.5 Å². The zero-order chi connectivity index (χ0) is 8.00. The van der Waals surface area contributed by atoms with Gasteiger partial charge in [-0.15, -0.1) is 0 Å². The second-order valence-corrected chi connectivity index (χ2v) is 0. The van der Waals surface area contributed by atoms with Gasteiger partial charge in [0.15, 0.2) is 0 Å². The van der Waals surface area contributed by atoms with Crippen molar-refractivity contribution >= 4 is 0 Å². The van der Waals surface area contributed by atoms with Gasteiger partial charge in [-0.25, -0.2) is 10.5 Å². The Balaban J connectivity index is -0.0000000133. The molecule has 0 unspecified atom stereocenters. The van der Waals surface area contributed by atoms with Crippen LogP contribution in [0.25, 0.3) is 0 Å². The second-order valence-electron chi connectivity index (χ2n) is 0. The molecule has 8 heavy (non-hydrogen) atoms. The molecule has 0 aromatic carbocycles. The van der Waals surface area contributed by atoms with Crippen molar-refractivity contribution in [2.75, 3.05) is 14.2 Å². The summed E-state index contributed by atoms with van der Waals surface area (Å²) in [6, 6.07) is 0. The number of hydrogen-bond donors (Lipinski definition) is 2. The Morgan fingerprint density at radius 2 is 0.750 bits per heavy atom. The van der Waals surface area contributed by atoms with Crippen molar-refractivity contribution < 1.29 is 10.2 Å². The Morgan fingerprint density at radius 1 is 0.750 bits per heavy atom. The standard InChI is InChI=1S/2CHN.2CH4O/c4*1-2/h2*1H;2*2H,1H3. The predicted molar refractivity (Wildman–Crippen MR) is 29.6 cm³/mol. The smallest absolute Gasteiger partial charge is 0.0462 e. The largest absolute Gasteiger partial charge is 0.400 e. The summed E-state index contributed by atoms with van der Waals surface area (Å²) in [6.45, 7) is 7.00. The third kappa shape index (κ3) is 61.6. The summed E-state index contributed by atoms with van der Waals surface area (Å²) in [5.41, 5.74) is 0. The van der Waals surface area contributed by atoms with Gasteiger partial charge in [0, 0.05) is 27.4 Å². The van der Waals surface area contributed by atoms with Gasteiger partial charge >= 0.3 is 0 Å². The van der Waals surface area contributed by atoms with Gasteiger partial charge in [0.25, 0.3) is 0 Å². The molecule has 0 radical (unpaired) electrons. The third-order valence-electron chi connectivity index (χ3n) is 0. The lowest BCUT2D eigenvalue weighted by Crippen LogP contribution is -1.25. The van der Waals surface area contributed by atoms with Gasteiger partial charge < -0.3 is 10.2 Å². The van der Waals surface area contributed by atoms with E-state index in [0.717, 1.165) is 14.2 Å². The van der Waals surface area contributed by atoms with E-state index in [9.17, 15) is 0 Å². The fourth-order valence-electron chi connectivity index (χ4n) is 0. The van der Waals surface area contributed by atoms with Crippen LogP contribution in [0.2, 0.25) is 0 Å². The zero-order valence-corrected chi connectivity index (χ0v) is 4.94. The Hall–Kier alpha value is -1.10. The van der Waals surface area contributed by atoms with Gasteiger partial charge in [-0.2, -0.15) is 0 Å². The van der Waals surface area contributed by atoms with E-state index in [1.54, 1.807) is 0 Å². The van der Waals surface area contributed by atoms with Gasteiger partial charge in [0.05, 0.1) is 0 Å². The molecule has 0 atom stereocenters. The Labute approximate surface area is 49.2 Å². The maximum Gasteiger partial charge on any atom is 0.0462 e. The topological polar surface area (TPSA) is 88.0 Å². The molecule has 0 aromatic heterocycles. The minimum absolute atomic E-state index is 1.00. The molecule has 0 saturated heterocycles. The van der Waals surface area contributed by atoms with E-state index in [0.29, 0.717) is 0 Å². The van der Waals surface area contributed by atoms with Crippen LogP contribution < -0.4 is 0 Å². The van der Waals surface area contributed by atoms with E-state index >= 15 is 0 Å². The number of rotatable bonds is 0. The van der Waals surface area contributed by atoms with Gasteiger partial charge in [-0.05, 0) is 0 Å². The summed E-state index contributed by atoms with van der Waals surface area (Å²) in [5, 5.41) is 27.0. The summed E-state index contributed by atoms with van der Waals surface area (Å²) in [5.74, 6) is 0. The zero-order valence-electron chi connectivity index (χ0n) is 4.94. The Morgan fingerprint density at radius 3 is 0.750 bits per heavy atom. The molecule has 0 aliphatic rings. The first-order chi connectivity index (χ1) is 4.00. The lowest BCUT2D eigenvalue weighted by molar-refractivity contribution is 0.399. The maximum absolute atomic E-state index is 7.00. The van der Waals surface area contributed by atoms with Gasteiger partial charge in [-0.1, -0.05) is 0 Å². The fourth-order valence-corrected chi connectivity index (χ4v) is 0. The summed E-state index contributed by atoms with van der Waals surface area (Å²) in [6.07, 6.45) is 0. The minimum Gasteiger partial charge on any atom is -0.400 e. The van der Waals surface area contributed by atoms with Crippen LogP contribution in [-0.2, 0) is 0 Å². The summed E-state index contributed by atoms with van der Waals surface area (Å²) in [7, 11) is 2.00. The van der Waals surface area contributed by atoms with Crippen LogP contribution in [0.5, 0.6) is 0 Å². The highest BCUT2D eigenvalue weighted by molar-refractivity contribution is 4.03. The van der Waals surface area contributed by atoms with E-state index in [4.69, 9.17) is 20.7 Å². The number of aliphatic hydroxyl groups excluding tert-OH is 2. The molecule has 0 bridgehead atoms. The molecule has 48 valence electrons. The third-order valence-corrected chi connectivity index (χ3v) is 0. The molecule has 0 spiro atoms. The van der Waals surface area contributed by atoms with Crippen molar-refractivity contribution in [1.82, 2.24) is 0 Å². The maximum atomic E-state index is 7.00. The number of nitriles is 2. The van der Waals surface area contributed by atoms with Crippen molar-refractivity contribution in [3.63, 3.8) is 0 Å². The first-order valence-corrected chi connectivity index (χ1v) is 1.41. The molecule has 0 fully saturated rings. The normalized spacial score (nSPS) is 2.00. The van der Waals surface area contributed by atoms with Crippen LogP contribution in [0, 0.1) is 23.7 Å². The molecular formula is C4H10N2O2. The van der Waals surface area contributed by atoms with Crippen LogP contribution in [0.3, 0.4) is 0 Å². The van der Waals surface area contributed by atoms with E-state index in [-0.39, 0.29) is 0 Å². The first kappa shape index (κ1) is 28.6. The van der Waals surface area contributed by atoms with E-state index < -0.39 is 0 Å². The van der Waals surface area contributed by atoms with E-state index in [1.807, 2.05) is 0 Å². The van der Waals surface area contributed by atoms with Crippen LogP contribution in [0.1, 0.15) is 0 Å². The molecule has 4 heteroatoms. The SMILES string of the molecule is C#N.C#N.CO.CO. The molecule has 0 amide bonds. The second kappa shape index (κ2) is 117. The number of aliphatic hydroxyl groups is 2. The number of hydrogen-bond acceptors (Lipinski definition) is 4. The van der Waals surface area contributed by atoms with Crippen molar-refractivity contribution in [2.24, 2.45) is 0 Å². The highest BCUT2D eigenvalue weighted by atomic mass is 16.2. The summed E-state index contributed by atoms with van der Waals surface area (Å²) < 4.78 is 0. The monoisotopic (exact) mass is 118 g/mol. The van der Waals surface area contributed by atoms with Gasteiger partial charge in [0.1, 0.15) is 0 Å². The van der Waals surface area contributed by atoms with Gasteiger partial charge in [0.2, 0.25) is 0 Å². The molecule has 2 N–H and O–H groups in total. The molecule has 0 heterocycles. The van der Waals surface area contributed by atoms with Crippen LogP contribution in [-0.4, -0.2) is 24.4 Å². The molecule has 0 aliphatic carbocycles. The van der Waals surface area contributed by atoms with Crippen LogP contribution in [0.15, 0.2) is 0 Å². The molecule has 0 aromatic rings. The van der Waals surface area contributed by atoms with E-state index in [2.05, 4.69) is 13.1 Å². The molecule has 0 aliphatic heterocycles. The van der Waals surface area contributed by atoms with Crippen molar-refractivity contribution in [3.8, 4) is 13.1 Å². The van der Waals surface area contributed by atoms with Gasteiger partial charge in [-0.3, -0.25) is 0 Å².